The summed E-state index contributed by atoms with van der Waals surface area (Å²) in [7, 11) is -0.333. The van der Waals surface area contributed by atoms with Gasteiger partial charge >= 0.3 is 5.97 Å². The molecule has 0 N–H and O–H groups in total. The number of unbranched alkanes of at least 4 members (excludes halogenated alkanes) is 1. The zero-order chi connectivity index (χ0) is 24.8. The fourth-order valence-electron chi connectivity index (χ4n) is 3.94. The lowest BCUT2D eigenvalue weighted by atomic mass is 9.98. The molecule has 1 aromatic carbocycles. The van der Waals surface area contributed by atoms with Crippen molar-refractivity contribution in [1.29, 1.82) is 0 Å². The molecule has 2 aromatic rings. The quantitative estimate of drug-likeness (QED) is 0.219. The molecule has 1 unspecified atom stereocenters. The Bertz CT molecular complexity index is 963. The van der Waals surface area contributed by atoms with E-state index in [1.807, 2.05) is 24.4 Å². The summed E-state index contributed by atoms with van der Waals surface area (Å²) in [6, 6.07) is 5.69. The Hall–Kier alpha value is -1.80. The molecule has 1 aromatic heterocycles. The van der Waals surface area contributed by atoms with Gasteiger partial charge in [0.15, 0.2) is 14.6 Å². The van der Waals surface area contributed by atoms with Crippen molar-refractivity contribution in [3.8, 4) is 0 Å². The highest BCUT2D eigenvalue weighted by Gasteiger charge is 2.36. The molecule has 2 heterocycles. The Morgan fingerprint density at radius 1 is 1.21 bits per heavy atom. The van der Waals surface area contributed by atoms with Gasteiger partial charge in [-0.25, -0.2) is 4.79 Å². The number of aryl methyl sites for hydroxylation is 1. The van der Waals surface area contributed by atoms with Gasteiger partial charge in [0.25, 0.3) is 0 Å². The van der Waals surface area contributed by atoms with Gasteiger partial charge in [-0.15, -0.1) is 0 Å². The molecule has 0 spiro atoms. The predicted octanol–water partition coefficient (Wildman–Crippen LogP) is 6.41. The monoisotopic (exact) mass is 487 g/mol. The molecule has 0 amide bonds. The molecule has 1 aliphatic rings. The van der Waals surface area contributed by atoms with Gasteiger partial charge < -0.3 is 18.6 Å². The minimum Gasteiger partial charge on any atom is -0.465 e. The molecule has 7 heteroatoms. The smallest absolute Gasteiger partial charge is 0.337 e. The van der Waals surface area contributed by atoms with Crippen LogP contribution in [0, 0.1) is 0 Å². The Morgan fingerprint density at radius 2 is 2.00 bits per heavy atom. The van der Waals surface area contributed by atoms with Crippen LogP contribution in [0.15, 0.2) is 24.4 Å². The van der Waals surface area contributed by atoms with Gasteiger partial charge in [0, 0.05) is 24.8 Å². The van der Waals surface area contributed by atoms with Crippen molar-refractivity contribution < 1.29 is 23.4 Å². The SMILES string of the molecule is COC(=O)c1ccc2c(CCCCO[Si](C)(C)C(C)(C)C)c(COC3CCCCO3)ncc2c1. The fraction of sp³-hybridized carbons (Fsp3) is 0.630. The molecule has 188 valence electrons. The van der Waals surface area contributed by atoms with Crippen LogP contribution in [0.4, 0.5) is 0 Å². The van der Waals surface area contributed by atoms with E-state index < -0.39 is 8.32 Å². The van der Waals surface area contributed by atoms with Crippen molar-refractivity contribution in [3.05, 3.63) is 41.2 Å². The summed E-state index contributed by atoms with van der Waals surface area (Å²) < 4.78 is 23.1. The number of methoxy groups -OCH3 is 1. The largest absolute Gasteiger partial charge is 0.465 e. The third kappa shape index (κ3) is 6.87. The van der Waals surface area contributed by atoms with Crippen LogP contribution in [-0.2, 0) is 31.7 Å². The molecule has 0 saturated carbocycles. The molecule has 34 heavy (non-hydrogen) atoms. The number of ether oxygens (including phenoxy) is 3. The summed E-state index contributed by atoms with van der Waals surface area (Å²) in [6.07, 6.45) is 7.70. The average Bonchev–Trinajstić information content (AvgIpc) is 2.81. The summed E-state index contributed by atoms with van der Waals surface area (Å²) >= 11 is 0. The molecule has 1 saturated heterocycles. The molecule has 1 aliphatic heterocycles. The van der Waals surface area contributed by atoms with Crippen LogP contribution >= 0.6 is 0 Å². The average molecular weight is 488 g/mol. The van der Waals surface area contributed by atoms with E-state index in [1.54, 1.807) is 0 Å². The second-order valence-electron chi connectivity index (χ2n) is 10.7. The number of fused-ring (bicyclic) bond motifs is 1. The zero-order valence-electron chi connectivity index (χ0n) is 21.7. The van der Waals surface area contributed by atoms with Crippen LogP contribution in [-0.4, -0.2) is 45.9 Å². The number of nitrogens with zero attached hydrogens (tertiary/aromatic N) is 1. The standard InChI is InChI=1S/C27H41NO5Si/c1-27(2,3)34(5,6)33-16-10-7-11-23-22-14-13-20(26(29)30-4)17-21(22)18-28-24(23)19-32-25-12-8-9-15-31-25/h13-14,17-18,25H,7-12,15-16,19H2,1-6H3. The summed E-state index contributed by atoms with van der Waals surface area (Å²) in [5.74, 6) is -0.340. The number of hydrogen-bond acceptors (Lipinski definition) is 6. The number of carbonyl (C=O) groups excluding carboxylic acids is 1. The highest BCUT2D eigenvalue weighted by Crippen LogP contribution is 2.36. The van der Waals surface area contributed by atoms with E-state index in [9.17, 15) is 4.79 Å². The van der Waals surface area contributed by atoms with Gasteiger partial charge in [0.1, 0.15) is 0 Å². The van der Waals surface area contributed by atoms with E-state index in [0.29, 0.717) is 12.2 Å². The number of pyridine rings is 1. The number of esters is 1. The van der Waals surface area contributed by atoms with Crippen LogP contribution in [0.5, 0.6) is 0 Å². The van der Waals surface area contributed by atoms with Crippen molar-refractivity contribution in [2.24, 2.45) is 0 Å². The van der Waals surface area contributed by atoms with E-state index in [1.165, 1.54) is 12.7 Å². The molecular formula is C27H41NO5Si. The number of hydrogen-bond donors (Lipinski definition) is 0. The van der Waals surface area contributed by atoms with Crippen LogP contribution in [0.25, 0.3) is 10.8 Å². The van der Waals surface area contributed by atoms with Crippen molar-refractivity contribution in [3.63, 3.8) is 0 Å². The first-order valence-electron chi connectivity index (χ1n) is 12.5. The lowest BCUT2D eigenvalue weighted by Gasteiger charge is -2.36. The number of benzene rings is 1. The lowest BCUT2D eigenvalue weighted by Crippen LogP contribution is -2.40. The van der Waals surface area contributed by atoms with E-state index in [-0.39, 0.29) is 17.3 Å². The minimum absolute atomic E-state index is 0.154. The summed E-state index contributed by atoms with van der Waals surface area (Å²) in [4.78, 5) is 16.7. The maximum absolute atomic E-state index is 12.0. The van der Waals surface area contributed by atoms with Crippen LogP contribution in [0.3, 0.4) is 0 Å². The van der Waals surface area contributed by atoms with E-state index >= 15 is 0 Å². The van der Waals surface area contributed by atoms with E-state index in [0.717, 1.165) is 68.2 Å². The van der Waals surface area contributed by atoms with Crippen molar-refractivity contribution in [1.82, 2.24) is 4.98 Å². The van der Waals surface area contributed by atoms with Gasteiger partial charge in [-0.2, -0.15) is 0 Å². The first kappa shape index (κ1) is 26.8. The van der Waals surface area contributed by atoms with Crippen molar-refractivity contribution in [2.45, 2.75) is 90.3 Å². The highest BCUT2D eigenvalue weighted by atomic mass is 28.4. The number of rotatable bonds is 10. The highest BCUT2D eigenvalue weighted by molar-refractivity contribution is 6.74. The van der Waals surface area contributed by atoms with E-state index in [2.05, 4.69) is 33.9 Å². The Morgan fingerprint density at radius 3 is 2.68 bits per heavy atom. The second kappa shape index (κ2) is 11.8. The third-order valence-corrected chi connectivity index (χ3v) is 11.7. The van der Waals surface area contributed by atoms with Crippen LogP contribution in [0.2, 0.25) is 18.1 Å². The summed E-state index contributed by atoms with van der Waals surface area (Å²) in [5.41, 5.74) is 2.65. The molecule has 1 atom stereocenters. The maximum Gasteiger partial charge on any atom is 0.337 e. The summed E-state index contributed by atoms with van der Waals surface area (Å²) in [5, 5.41) is 2.26. The van der Waals surface area contributed by atoms with E-state index in [4.69, 9.17) is 23.6 Å². The molecule has 0 radical (unpaired) electrons. The fourth-order valence-corrected chi connectivity index (χ4v) is 5.02. The van der Waals surface area contributed by atoms with Gasteiger partial charge in [-0.1, -0.05) is 26.8 Å². The topological polar surface area (TPSA) is 66.9 Å². The molecule has 1 fully saturated rings. The van der Waals surface area contributed by atoms with Gasteiger partial charge in [-0.05, 0) is 79.7 Å². The van der Waals surface area contributed by atoms with Gasteiger partial charge in [0.2, 0.25) is 0 Å². The maximum atomic E-state index is 12.0. The van der Waals surface area contributed by atoms with Crippen LogP contribution in [0.1, 0.15) is 74.5 Å². The molecular weight excluding hydrogens is 446 g/mol. The van der Waals surface area contributed by atoms with Crippen LogP contribution < -0.4 is 0 Å². The minimum atomic E-state index is -1.73. The predicted molar refractivity (Wildman–Crippen MR) is 138 cm³/mol. The molecule has 0 bridgehead atoms. The Kier molecular flexibility index (Phi) is 9.26. The first-order valence-corrected chi connectivity index (χ1v) is 15.4. The number of aromatic nitrogens is 1. The van der Waals surface area contributed by atoms with Gasteiger partial charge in [-0.3, -0.25) is 4.98 Å². The molecule has 0 aliphatic carbocycles. The third-order valence-electron chi connectivity index (χ3n) is 7.14. The van der Waals surface area contributed by atoms with Gasteiger partial charge in [0.05, 0.1) is 25.0 Å². The second-order valence-corrected chi connectivity index (χ2v) is 15.5. The molecule has 3 rings (SSSR count). The normalized spacial score (nSPS) is 17.2. The van der Waals surface area contributed by atoms with Crippen molar-refractivity contribution in [2.75, 3.05) is 20.3 Å². The lowest BCUT2D eigenvalue weighted by molar-refractivity contribution is -0.169. The number of carbonyl (C=O) groups is 1. The summed E-state index contributed by atoms with van der Waals surface area (Å²) in [6.45, 7) is 13.4. The van der Waals surface area contributed by atoms with Crippen molar-refractivity contribution >= 4 is 25.1 Å². The first-order chi connectivity index (χ1) is 16.1. The zero-order valence-corrected chi connectivity index (χ0v) is 22.7. The Balaban J connectivity index is 1.73. The molecule has 6 nitrogen and oxygen atoms in total. The Labute approximate surface area is 205 Å².